The second-order valence-electron chi connectivity index (χ2n) is 5.11. The minimum absolute atomic E-state index is 0.0615. The van der Waals surface area contributed by atoms with E-state index in [1.54, 1.807) is 30.3 Å². The molecule has 0 saturated carbocycles. The molecule has 0 aromatic heterocycles. The number of hydrogen-bond acceptors (Lipinski definition) is 3. The van der Waals surface area contributed by atoms with Gasteiger partial charge >= 0.3 is 0 Å². The number of hydrogen-bond donors (Lipinski definition) is 1. The number of carbonyl (C=O) groups is 2. The summed E-state index contributed by atoms with van der Waals surface area (Å²) in [4.78, 5) is 26.1. The van der Waals surface area contributed by atoms with E-state index in [1.165, 1.54) is 30.1 Å². The van der Waals surface area contributed by atoms with Crippen LogP contribution in [0.1, 0.15) is 10.4 Å². The monoisotopic (exact) mass is 314 g/mol. The van der Waals surface area contributed by atoms with Crippen LogP contribution in [0.4, 0.5) is 10.1 Å². The van der Waals surface area contributed by atoms with Gasteiger partial charge in [-0.1, -0.05) is 18.2 Å². The molecule has 2 amide bonds. The summed E-state index contributed by atoms with van der Waals surface area (Å²) in [6, 6.07) is 12.4. The van der Waals surface area contributed by atoms with Gasteiger partial charge in [0.2, 0.25) is 0 Å². The van der Waals surface area contributed by atoms with E-state index in [4.69, 9.17) is 4.74 Å². The lowest BCUT2D eigenvalue weighted by molar-refractivity contribution is -0.127. The van der Waals surface area contributed by atoms with Crippen molar-refractivity contribution >= 4 is 17.5 Å². The summed E-state index contributed by atoms with van der Waals surface area (Å²) in [5, 5.41) is 2.51. The first-order valence-corrected chi connectivity index (χ1v) is 7.15. The molecular weight excluding hydrogens is 299 g/mol. The molecule has 5 nitrogen and oxygen atoms in total. The van der Waals surface area contributed by atoms with Crippen molar-refractivity contribution < 1.29 is 18.7 Å². The first-order chi connectivity index (χ1) is 11.1. The average Bonchev–Trinajstić information content (AvgIpc) is 2.59. The van der Waals surface area contributed by atoms with Crippen molar-refractivity contribution in [3.63, 3.8) is 0 Å². The van der Waals surface area contributed by atoms with E-state index in [-0.39, 0.29) is 23.9 Å². The van der Waals surface area contributed by atoms with Crippen LogP contribution >= 0.6 is 0 Å². The van der Waals surface area contributed by atoms with Gasteiger partial charge in [0.05, 0.1) is 12.2 Å². The first-order valence-electron chi connectivity index (χ1n) is 7.15. The Morgan fingerprint density at radius 2 is 2.00 bits per heavy atom. The maximum Gasteiger partial charge on any atom is 0.262 e. The van der Waals surface area contributed by atoms with Gasteiger partial charge in [0.1, 0.15) is 11.6 Å². The Labute approximate surface area is 132 Å². The molecule has 23 heavy (non-hydrogen) atoms. The van der Waals surface area contributed by atoms with Crippen LogP contribution in [0.25, 0.3) is 0 Å². The summed E-state index contributed by atoms with van der Waals surface area (Å²) < 4.78 is 19.0. The number of rotatable bonds is 2. The molecule has 1 aliphatic rings. The highest BCUT2D eigenvalue weighted by Crippen LogP contribution is 2.34. The molecule has 0 spiro atoms. The Balaban J connectivity index is 1.99. The largest absolute Gasteiger partial charge is 0.477 e. The Bertz CT molecular complexity index is 763. The van der Waals surface area contributed by atoms with Crippen molar-refractivity contribution in [2.24, 2.45) is 0 Å². The molecule has 3 rings (SSSR count). The van der Waals surface area contributed by atoms with E-state index in [0.29, 0.717) is 11.4 Å². The lowest BCUT2D eigenvalue weighted by atomic mass is 10.1. The summed E-state index contributed by atoms with van der Waals surface area (Å²) in [5.41, 5.74) is 0.777. The van der Waals surface area contributed by atoms with Crippen LogP contribution in [-0.4, -0.2) is 31.5 Å². The number of ether oxygens (including phenoxy) is 1. The summed E-state index contributed by atoms with van der Waals surface area (Å²) in [7, 11) is 1.50. The van der Waals surface area contributed by atoms with Gasteiger partial charge in [-0.15, -0.1) is 0 Å². The summed E-state index contributed by atoms with van der Waals surface area (Å²) in [6.07, 6.45) is -0.813. The highest BCUT2D eigenvalue weighted by Gasteiger charge is 2.33. The molecule has 0 bridgehead atoms. The summed E-state index contributed by atoms with van der Waals surface area (Å²) >= 11 is 0. The van der Waals surface area contributed by atoms with Crippen LogP contribution < -0.4 is 15.0 Å². The van der Waals surface area contributed by atoms with Crippen molar-refractivity contribution in [3.8, 4) is 5.75 Å². The van der Waals surface area contributed by atoms with E-state index in [1.807, 2.05) is 0 Å². The lowest BCUT2D eigenvalue weighted by Crippen LogP contribution is -2.50. The molecular formula is C17H15FN2O3. The molecule has 118 valence electrons. The van der Waals surface area contributed by atoms with E-state index < -0.39 is 11.9 Å². The standard InChI is InChI=1S/C17H15FN2O3/c1-19-16(21)15-10-20(13-7-2-3-8-14(13)23-15)17(22)11-5-4-6-12(18)9-11/h2-9,15H,10H2,1H3,(H,19,21). The molecule has 1 atom stereocenters. The van der Waals surface area contributed by atoms with Gasteiger partial charge in [0, 0.05) is 12.6 Å². The van der Waals surface area contributed by atoms with Crippen molar-refractivity contribution in [1.29, 1.82) is 0 Å². The van der Waals surface area contributed by atoms with E-state index in [0.717, 1.165) is 0 Å². The zero-order valence-corrected chi connectivity index (χ0v) is 12.5. The Kier molecular flexibility index (Phi) is 3.97. The van der Waals surface area contributed by atoms with E-state index in [2.05, 4.69) is 5.32 Å². The van der Waals surface area contributed by atoms with E-state index in [9.17, 15) is 14.0 Å². The number of amides is 2. The molecule has 1 aliphatic heterocycles. The number of likely N-dealkylation sites (N-methyl/N-ethyl adjacent to an activating group) is 1. The number of nitrogens with one attached hydrogen (secondary N) is 1. The molecule has 2 aromatic carbocycles. The minimum atomic E-state index is -0.813. The fourth-order valence-corrected chi connectivity index (χ4v) is 2.50. The van der Waals surface area contributed by atoms with Crippen molar-refractivity contribution in [2.45, 2.75) is 6.10 Å². The molecule has 1 heterocycles. The topological polar surface area (TPSA) is 58.6 Å². The Hall–Kier alpha value is -2.89. The van der Waals surface area contributed by atoms with Gasteiger partial charge in [-0.2, -0.15) is 0 Å². The van der Waals surface area contributed by atoms with Crippen molar-refractivity contribution in [1.82, 2.24) is 5.32 Å². The normalized spacial score (nSPS) is 16.3. The number of fused-ring (bicyclic) bond motifs is 1. The van der Waals surface area contributed by atoms with Gasteiger partial charge < -0.3 is 15.0 Å². The van der Waals surface area contributed by atoms with Gasteiger partial charge in [0.25, 0.3) is 11.8 Å². The third-order valence-electron chi connectivity index (χ3n) is 3.63. The predicted octanol–water partition coefficient (Wildman–Crippen LogP) is 1.98. The third-order valence-corrected chi connectivity index (χ3v) is 3.63. The van der Waals surface area contributed by atoms with Crippen LogP contribution in [0.2, 0.25) is 0 Å². The fourth-order valence-electron chi connectivity index (χ4n) is 2.50. The SMILES string of the molecule is CNC(=O)C1CN(C(=O)c2cccc(F)c2)c2ccccc2O1. The molecule has 2 aromatic rings. The average molecular weight is 314 g/mol. The number of para-hydroxylation sites is 2. The first kappa shape index (κ1) is 15.0. The number of anilines is 1. The van der Waals surface area contributed by atoms with E-state index >= 15 is 0 Å². The zero-order valence-electron chi connectivity index (χ0n) is 12.5. The van der Waals surface area contributed by atoms with Crippen LogP contribution in [0.5, 0.6) is 5.75 Å². The Morgan fingerprint density at radius 1 is 1.22 bits per heavy atom. The fraction of sp³-hybridized carbons (Fsp3) is 0.176. The van der Waals surface area contributed by atoms with Gasteiger partial charge in [-0.25, -0.2) is 4.39 Å². The lowest BCUT2D eigenvalue weighted by Gasteiger charge is -2.34. The van der Waals surface area contributed by atoms with Crippen LogP contribution in [0, 0.1) is 5.82 Å². The zero-order chi connectivity index (χ0) is 16.4. The number of benzene rings is 2. The van der Waals surface area contributed by atoms with Crippen molar-refractivity contribution in [2.75, 3.05) is 18.5 Å². The predicted molar refractivity (Wildman–Crippen MR) is 83.0 cm³/mol. The number of nitrogens with zero attached hydrogens (tertiary/aromatic N) is 1. The molecule has 1 N–H and O–H groups in total. The highest BCUT2D eigenvalue weighted by atomic mass is 19.1. The van der Waals surface area contributed by atoms with Crippen LogP contribution in [-0.2, 0) is 4.79 Å². The third kappa shape index (κ3) is 2.88. The summed E-state index contributed by atoms with van der Waals surface area (Å²) in [6.45, 7) is 0.0615. The number of carbonyl (C=O) groups excluding carboxylic acids is 2. The second kappa shape index (κ2) is 6.08. The Morgan fingerprint density at radius 3 is 2.74 bits per heavy atom. The number of halogens is 1. The van der Waals surface area contributed by atoms with Crippen LogP contribution in [0.15, 0.2) is 48.5 Å². The quantitative estimate of drug-likeness (QED) is 0.922. The van der Waals surface area contributed by atoms with Gasteiger partial charge in [0.15, 0.2) is 6.10 Å². The second-order valence-corrected chi connectivity index (χ2v) is 5.11. The van der Waals surface area contributed by atoms with Crippen LogP contribution in [0.3, 0.4) is 0 Å². The molecule has 0 fully saturated rings. The van der Waals surface area contributed by atoms with Gasteiger partial charge in [-0.05, 0) is 30.3 Å². The maximum absolute atomic E-state index is 13.4. The van der Waals surface area contributed by atoms with Crippen molar-refractivity contribution in [3.05, 3.63) is 59.9 Å². The molecule has 1 unspecified atom stereocenters. The molecule has 6 heteroatoms. The smallest absolute Gasteiger partial charge is 0.262 e. The maximum atomic E-state index is 13.4. The molecule has 0 radical (unpaired) electrons. The highest BCUT2D eigenvalue weighted by molar-refractivity contribution is 6.07. The molecule has 0 aliphatic carbocycles. The minimum Gasteiger partial charge on any atom is -0.477 e. The molecule has 0 saturated heterocycles. The summed E-state index contributed by atoms with van der Waals surface area (Å²) in [5.74, 6) is -0.747. The van der Waals surface area contributed by atoms with Gasteiger partial charge in [-0.3, -0.25) is 9.59 Å².